The van der Waals surface area contributed by atoms with E-state index in [2.05, 4.69) is 15.4 Å². The minimum absolute atomic E-state index is 0.0329. The van der Waals surface area contributed by atoms with Crippen LogP contribution in [0.4, 0.5) is 14.5 Å². The molecule has 2 aliphatic carbocycles. The zero-order valence-corrected chi connectivity index (χ0v) is 16.0. The molecule has 0 unspecified atom stereocenters. The van der Waals surface area contributed by atoms with Gasteiger partial charge in [-0.1, -0.05) is 0 Å². The largest absolute Gasteiger partial charge is 0.481 e. The van der Waals surface area contributed by atoms with Crippen LogP contribution in [0.3, 0.4) is 0 Å². The van der Waals surface area contributed by atoms with E-state index in [-0.39, 0.29) is 17.5 Å². The first-order chi connectivity index (χ1) is 13.5. The fourth-order valence-corrected chi connectivity index (χ4v) is 3.93. The zero-order valence-electron chi connectivity index (χ0n) is 16.0. The number of aromatic nitrogens is 3. The maximum absolute atomic E-state index is 14.9. The van der Waals surface area contributed by atoms with Crippen molar-refractivity contribution in [3.63, 3.8) is 0 Å². The van der Waals surface area contributed by atoms with Crippen LogP contribution in [0.15, 0.2) is 18.5 Å². The average molecular weight is 390 g/mol. The summed E-state index contributed by atoms with van der Waals surface area (Å²) in [5.41, 5.74) is 0.399. The molecule has 0 bridgehead atoms. The Morgan fingerprint density at radius 2 is 1.96 bits per heavy atom. The van der Waals surface area contributed by atoms with Crippen molar-refractivity contribution in [1.82, 2.24) is 14.8 Å². The molecular formula is C20H24F2N4O2. The van der Waals surface area contributed by atoms with Gasteiger partial charge in [0.25, 0.3) is 0 Å². The molecule has 8 heteroatoms. The summed E-state index contributed by atoms with van der Waals surface area (Å²) in [5, 5.41) is 6.70. The predicted molar refractivity (Wildman–Crippen MR) is 98.9 cm³/mol. The van der Waals surface area contributed by atoms with Gasteiger partial charge in [-0.05, 0) is 56.4 Å². The Morgan fingerprint density at radius 3 is 2.57 bits per heavy atom. The smallest absolute Gasteiger partial charge is 0.235 e. The van der Waals surface area contributed by atoms with Crippen molar-refractivity contribution < 1.29 is 18.3 Å². The second-order valence-corrected chi connectivity index (χ2v) is 7.81. The van der Waals surface area contributed by atoms with E-state index in [0.29, 0.717) is 29.7 Å². The Hall–Kier alpha value is -2.51. The number of halogens is 2. The van der Waals surface area contributed by atoms with Crippen LogP contribution in [0.1, 0.15) is 50.6 Å². The molecule has 6 nitrogen and oxygen atoms in total. The highest BCUT2D eigenvalue weighted by atomic mass is 19.1. The summed E-state index contributed by atoms with van der Waals surface area (Å²) in [6, 6.07) is 0.584. The van der Waals surface area contributed by atoms with Crippen LogP contribution < -0.4 is 10.1 Å². The van der Waals surface area contributed by atoms with Gasteiger partial charge in [-0.2, -0.15) is 9.49 Å². The van der Waals surface area contributed by atoms with Gasteiger partial charge in [0.1, 0.15) is 11.5 Å². The lowest BCUT2D eigenvalue weighted by molar-refractivity contribution is -0.117. The molecule has 0 spiro atoms. The molecule has 0 aromatic carbocycles. The van der Waals surface area contributed by atoms with Gasteiger partial charge in [0, 0.05) is 12.0 Å². The highest BCUT2D eigenvalue weighted by Gasteiger charge is 2.42. The fourth-order valence-electron chi connectivity index (χ4n) is 3.93. The van der Waals surface area contributed by atoms with Crippen LogP contribution in [0.25, 0.3) is 0 Å². The molecule has 28 heavy (non-hydrogen) atoms. The van der Waals surface area contributed by atoms with Crippen molar-refractivity contribution in [2.24, 2.45) is 17.8 Å². The maximum atomic E-state index is 14.9. The SMILES string of the molecule is COc1ncc(F)cc1[C@H](C)n1ncc(NC(=O)CC(C2CC2)C2CC2)c1F. The van der Waals surface area contributed by atoms with E-state index >= 15 is 0 Å². The molecule has 2 heterocycles. The number of rotatable bonds is 8. The van der Waals surface area contributed by atoms with Crippen molar-refractivity contribution in [1.29, 1.82) is 0 Å². The second-order valence-electron chi connectivity index (χ2n) is 7.81. The molecule has 0 aliphatic heterocycles. The Balaban J connectivity index is 1.48. The molecule has 1 amide bonds. The van der Waals surface area contributed by atoms with E-state index in [4.69, 9.17) is 4.74 Å². The summed E-state index contributed by atoms with van der Waals surface area (Å²) >= 11 is 0. The number of methoxy groups -OCH3 is 1. The molecule has 150 valence electrons. The van der Waals surface area contributed by atoms with E-state index in [1.54, 1.807) is 6.92 Å². The molecule has 1 atom stereocenters. The first-order valence-corrected chi connectivity index (χ1v) is 9.70. The normalized spacial score (nSPS) is 17.6. The van der Waals surface area contributed by atoms with Crippen LogP contribution in [-0.4, -0.2) is 27.8 Å². The van der Waals surface area contributed by atoms with Crippen molar-refractivity contribution in [3.8, 4) is 5.88 Å². The van der Waals surface area contributed by atoms with Gasteiger partial charge in [0.2, 0.25) is 17.7 Å². The molecule has 2 aromatic heterocycles. The third-order valence-electron chi connectivity index (χ3n) is 5.74. The Kier molecular flexibility index (Phi) is 5.03. The van der Waals surface area contributed by atoms with E-state index in [0.717, 1.165) is 10.9 Å². The van der Waals surface area contributed by atoms with Crippen LogP contribution in [-0.2, 0) is 4.79 Å². The summed E-state index contributed by atoms with van der Waals surface area (Å²) < 4.78 is 34.7. The number of pyridine rings is 1. The lowest BCUT2D eigenvalue weighted by atomic mass is 9.94. The van der Waals surface area contributed by atoms with E-state index in [1.165, 1.54) is 45.1 Å². The van der Waals surface area contributed by atoms with Crippen molar-refractivity contribution in [2.75, 3.05) is 12.4 Å². The van der Waals surface area contributed by atoms with E-state index in [1.807, 2.05) is 0 Å². The molecule has 1 N–H and O–H groups in total. The molecule has 2 fully saturated rings. The van der Waals surface area contributed by atoms with Crippen molar-refractivity contribution >= 4 is 11.6 Å². The maximum Gasteiger partial charge on any atom is 0.235 e. The quantitative estimate of drug-likeness (QED) is 0.741. The summed E-state index contributed by atoms with van der Waals surface area (Å²) in [5.74, 6) is 0.514. The summed E-state index contributed by atoms with van der Waals surface area (Å²) in [4.78, 5) is 16.3. The fraction of sp³-hybridized carbons (Fsp3) is 0.550. The van der Waals surface area contributed by atoms with E-state index in [9.17, 15) is 13.6 Å². The zero-order chi connectivity index (χ0) is 19.8. The highest BCUT2D eigenvalue weighted by molar-refractivity contribution is 5.90. The minimum atomic E-state index is -0.679. The summed E-state index contributed by atoms with van der Waals surface area (Å²) in [6.45, 7) is 1.66. The molecule has 0 radical (unpaired) electrons. The minimum Gasteiger partial charge on any atom is -0.481 e. The van der Waals surface area contributed by atoms with Gasteiger partial charge in [-0.25, -0.2) is 14.1 Å². The molecular weight excluding hydrogens is 366 g/mol. The number of ether oxygens (including phenoxy) is 1. The van der Waals surface area contributed by atoms with Gasteiger partial charge in [0.05, 0.1) is 25.5 Å². The molecule has 2 saturated carbocycles. The van der Waals surface area contributed by atoms with Gasteiger partial charge in [-0.15, -0.1) is 0 Å². The molecule has 4 rings (SSSR count). The number of hydrogen-bond acceptors (Lipinski definition) is 4. The van der Waals surface area contributed by atoms with Gasteiger partial charge in [-0.3, -0.25) is 4.79 Å². The van der Waals surface area contributed by atoms with Crippen LogP contribution in [0.2, 0.25) is 0 Å². The lowest BCUT2D eigenvalue weighted by Crippen LogP contribution is -2.20. The lowest BCUT2D eigenvalue weighted by Gasteiger charge is -2.16. The number of hydrogen-bond donors (Lipinski definition) is 1. The third-order valence-corrected chi connectivity index (χ3v) is 5.74. The van der Waals surface area contributed by atoms with E-state index < -0.39 is 17.8 Å². The van der Waals surface area contributed by atoms with Crippen molar-refractivity contribution in [2.45, 2.75) is 45.1 Å². The first kappa shape index (κ1) is 18.8. The Morgan fingerprint density at radius 1 is 1.29 bits per heavy atom. The Labute approximate surface area is 162 Å². The summed E-state index contributed by atoms with van der Waals surface area (Å²) in [6.07, 6.45) is 7.53. The Bertz CT molecular complexity index is 865. The van der Waals surface area contributed by atoms with Crippen LogP contribution >= 0.6 is 0 Å². The number of carbonyl (C=O) groups excluding carboxylic acids is 1. The number of amides is 1. The predicted octanol–water partition coefficient (Wildman–Crippen LogP) is 3.94. The average Bonchev–Trinajstić information content (AvgIpc) is 3.59. The van der Waals surface area contributed by atoms with Crippen molar-refractivity contribution in [3.05, 3.63) is 35.8 Å². The number of carbonyl (C=O) groups is 1. The van der Waals surface area contributed by atoms with Crippen LogP contribution in [0.5, 0.6) is 5.88 Å². The number of anilines is 1. The molecule has 0 saturated heterocycles. The molecule has 2 aromatic rings. The number of nitrogens with zero attached hydrogens (tertiary/aromatic N) is 3. The monoisotopic (exact) mass is 390 g/mol. The number of nitrogens with one attached hydrogen (secondary N) is 1. The van der Waals surface area contributed by atoms with Gasteiger partial charge >= 0.3 is 0 Å². The van der Waals surface area contributed by atoms with Gasteiger partial charge in [0.15, 0.2) is 0 Å². The molecule has 2 aliphatic rings. The van der Waals surface area contributed by atoms with Crippen LogP contribution in [0, 0.1) is 29.5 Å². The standard InChI is InChI=1S/C20H24F2N4O2/c1-11(15-7-14(21)9-23-20(15)28-2)26-19(22)17(10-24-26)25-18(27)8-16(12-3-4-12)13-5-6-13/h7,9-13,16H,3-6,8H2,1-2H3,(H,25,27)/t11-/m0/s1. The second kappa shape index (κ2) is 7.48. The summed E-state index contributed by atoms with van der Waals surface area (Å²) in [7, 11) is 1.41. The van der Waals surface area contributed by atoms with Gasteiger partial charge < -0.3 is 10.1 Å². The highest BCUT2D eigenvalue weighted by Crippen LogP contribution is 2.50. The first-order valence-electron chi connectivity index (χ1n) is 9.70. The third kappa shape index (κ3) is 3.86. The topological polar surface area (TPSA) is 69.0 Å².